The van der Waals surface area contributed by atoms with Crippen LogP contribution in [0.1, 0.15) is 44.4 Å². The standard InChI is InChI=1S/C19H26N6O.C15H18N6O.C7H9N5/c1-4-15(11-26)22-19-23-17(20-10-14-8-6-5-7-9-14)16-18(24-19)25(12-21-16)13(2)3;1-21-10-18-12-13(17-9-11-5-3-2-4-6-11)19-15(16-7-8-22)20-14(12)21;1-12(2)7-5-6(9-3-8-5)10-4-11-7/h5-9,12-13,15,26H,4,10-11H2,1-3H3,(H2,20,22,23,24);2-6,10,22H,7-9H2,1H3,(H2,16,17,19,20);3-4H,1-2H3,(H,8,9,10,11)/t15-;;/m1../s1. The molecular weight excluding hydrogens is 763 g/mol. The van der Waals surface area contributed by atoms with Crippen molar-refractivity contribution < 1.29 is 10.2 Å². The van der Waals surface area contributed by atoms with Gasteiger partial charge in [-0.05, 0) is 31.4 Å². The van der Waals surface area contributed by atoms with Gasteiger partial charge < -0.3 is 50.5 Å². The number of imidazole rings is 3. The number of aromatic nitrogens is 12. The molecule has 19 heteroatoms. The third kappa shape index (κ3) is 10.7. The number of hydrogen-bond acceptors (Lipinski definition) is 16. The van der Waals surface area contributed by atoms with Crippen molar-refractivity contribution in [2.45, 2.75) is 52.4 Å². The minimum absolute atomic E-state index is 0.0273. The molecular formula is C41H53N17O2. The monoisotopic (exact) mass is 815 g/mol. The molecule has 1 atom stereocenters. The van der Waals surface area contributed by atoms with E-state index in [1.807, 2.05) is 78.5 Å². The van der Waals surface area contributed by atoms with E-state index >= 15 is 0 Å². The minimum atomic E-state index is -0.0788. The van der Waals surface area contributed by atoms with E-state index in [0.717, 1.165) is 45.6 Å². The average Bonchev–Trinajstić information content (AvgIpc) is 4.03. The van der Waals surface area contributed by atoms with Crippen molar-refractivity contribution in [2.75, 3.05) is 60.0 Å². The van der Waals surface area contributed by atoms with Crippen LogP contribution in [0.4, 0.5) is 29.4 Å². The van der Waals surface area contributed by atoms with Crippen LogP contribution in [0.15, 0.2) is 86.0 Å². The highest BCUT2D eigenvalue weighted by Crippen LogP contribution is 2.25. The van der Waals surface area contributed by atoms with Crippen LogP contribution in [-0.4, -0.2) is 109 Å². The van der Waals surface area contributed by atoms with Gasteiger partial charge in [-0.2, -0.15) is 19.9 Å². The summed E-state index contributed by atoms with van der Waals surface area (Å²) in [5.41, 5.74) is 6.90. The lowest BCUT2D eigenvalue weighted by atomic mass is 10.2. The number of aliphatic hydroxyl groups excluding tert-OH is 2. The first-order valence-corrected chi connectivity index (χ1v) is 19.7. The van der Waals surface area contributed by atoms with Crippen LogP contribution in [0, 0.1) is 0 Å². The summed E-state index contributed by atoms with van der Waals surface area (Å²) < 4.78 is 3.87. The number of aromatic amines is 1. The van der Waals surface area contributed by atoms with E-state index in [2.05, 4.69) is 109 Å². The van der Waals surface area contributed by atoms with Gasteiger partial charge in [-0.25, -0.2) is 24.9 Å². The van der Waals surface area contributed by atoms with Crippen LogP contribution in [0.2, 0.25) is 0 Å². The van der Waals surface area contributed by atoms with Crippen LogP contribution in [-0.2, 0) is 20.1 Å². The summed E-state index contributed by atoms with van der Waals surface area (Å²) in [4.78, 5) is 44.0. The Kier molecular flexibility index (Phi) is 14.6. The molecule has 0 saturated heterocycles. The van der Waals surface area contributed by atoms with Crippen LogP contribution < -0.4 is 26.2 Å². The summed E-state index contributed by atoms with van der Waals surface area (Å²) in [6.45, 7) is 7.97. The largest absolute Gasteiger partial charge is 0.395 e. The predicted octanol–water partition coefficient (Wildman–Crippen LogP) is 5.00. The number of fused-ring (bicyclic) bond motifs is 3. The van der Waals surface area contributed by atoms with E-state index in [-0.39, 0.29) is 25.3 Å². The molecule has 19 nitrogen and oxygen atoms in total. The van der Waals surface area contributed by atoms with Gasteiger partial charge in [-0.1, -0.05) is 67.6 Å². The van der Waals surface area contributed by atoms with E-state index in [1.54, 1.807) is 19.0 Å². The number of anilines is 5. The number of rotatable bonds is 15. The van der Waals surface area contributed by atoms with E-state index in [9.17, 15) is 5.11 Å². The molecule has 0 unspecified atom stereocenters. The molecule has 0 aliphatic heterocycles. The molecule has 2 aromatic carbocycles. The fraction of sp³-hybridized carbons (Fsp3) is 0.341. The second-order valence-electron chi connectivity index (χ2n) is 14.2. The maximum Gasteiger partial charge on any atom is 0.227 e. The Bertz CT molecular complexity index is 2530. The SMILES string of the molecule is CC[C@H](CO)Nc1nc(NCc2ccccc2)c2ncn(C(C)C)c2n1.CN(C)c1ncnc2nc[nH]c12.Cn1cnc2c(NCc3ccccc3)nc(NCCO)nc21. The topological polar surface area (TPSA) is 233 Å². The Morgan fingerprint density at radius 3 is 1.95 bits per heavy atom. The van der Waals surface area contributed by atoms with Gasteiger partial charge in [-0.3, -0.25) is 0 Å². The predicted molar refractivity (Wildman–Crippen MR) is 236 cm³/mol. The van der Waals surface area contributed by atoms with Gasteiger partial charge in [0.2, 0.25) is 11.9 Å². The summed E-state index contributed by atoms with van der Waals surface area (Å²) in [5, 5.41) is 31.3. The Labute approximate surface area is 347 Å². The van der Waals surface area contributed by atoms with Crippen molar-refractivity contribution in [3.8, 4) is 0 Å². The second kappa shape index (κ2) is 20.6. The van der Waals surface area contributed by atoms with E-state index in [1.165, 1.54) is 11.9 Å². The van der Waals surface area contributed by atoms with Gasteiger partial charge in [0.15, 0.2) is 45.4 Å². The highest BCUT2D eigenvalue weighted by molar-refractivity contribution is 5.85. The molecule has 0 aliphatic carbocycles. The zero-order valence-electron chi connectivity index (χ0n) is 34.7. The molecule has 60 heavy (non-hydrogen) atoms. The molecule has 8 rings (SSSR count). The second-order valence-corrected chi connectivity index (χ2v) is 14.2. The maximum atomic E-state index is 9.47. The molecule has 7 N–H and O–H groups in total. The third-order valence-corrected chi connectivity index (χ3v) is 9.21. The number of aliphatic hydroxyl groups is 2. The van der Waals surface area contributed by atoms with E-state index < -0.39 is 0 Å². The fourth-order valence-corrected chi connectivity index (χ4v) is 5.97. The summed E-state index contributed by atoms with van der Waals surface area (Å²) in [6, 6.07) is 20.4. The Hall–Kier alpha value is -6.99. The lowest BCUT2D eigenvalue weighted by Gasteiger charge is -2.16. The molecule has 6 heterocycles. The van der Waals surface area contributed by atoms with Crippen molar-refractivity contribution in [3.05, 3.63) is 97.1 Å². The summed E-state index contributed by atoms with van der Waals surface area (Å²) in [7, 11) is 5.75. The summed E-state index contributed by atoms with van der Waals surface area (Å²) in [6.07, 6.45) is 7.42. The summed E-state index contributed by atoms with van der Waals surface area (Å²) >= 11 is 0. The minimum Gasteiger partial charge on any atom is -0.395 e. The zero-order chi connectivity index (χ0) is 42.4. The van der Waals surface area contributed by atoms with Crippen molar-refractivity contribution in [1.29, 1.82) is 0 Å². The number of nitrogens with zero attached hydrogens (tertiary/aromatic N) is 12. The molecule has 0 amide bonds. The van der Waals surface area contributed by atoms with Crippen LogP contribution in [0.25, 0.3) is 33.5 Å². The third-order valence-electron chi connectivity index (χ3n) is 9.21. The number of aryl methyl sites for hydroxylation is 1. The number of H-pyrrole nitrogens is 1. The van der Waals surface area contributed by atoms with Crippen molar-refractivity contribution in [1.82, 2.24) is 59.0 Å². The first-order valence-electron chi connectivity index (χ1n) is 19.7. The number of nitrogens with one attached hydrogen (secondary N) is 5. The van der Waals surface area contributed by atoms with Crippen molar-refractivity contribution >= 4 is 62.8 Å². The molecule has 0 radical (unpaired) electrons. The molecule has 0 spiro atoms. The van der Waals surface area contributed by atoms with Crippen molar-refractivity contribution in [3.63, 3.8) is 0 Å². The Morgan fingerprint density at radius 2 is 1.35 bits per heavy atom. The van der Waals surface area contributed by atoms with Crippen LogP contribution in [0.5, 0.6) is 0 Å². The zero-order valence-corrected chi connectivity index (χ0v) is 34.7. The van der Waals surface area contributed by atoms with Gasteiger partial charge in [0, 0.05) is 46.8 Å². The smallest absolute Gasteiger partial charge is 0.227 e. The molecule has 8 aromatic rings. The number of hydrogen-bond donors (Lipinski definition) is 7. The normalized spacial score (nSPS) is 11.5. The van der Waals surface area contributed by atoms with Crippen LogP contribution in [0.3, 0.4) is 0 Å². The van der Waals surface area contributed by atoms with E-state index in [4.69, 9.17) is 5.11 Å². The Balaban J connectivity index is 0.000000160. The van der Waals surface area contributed by atoms with E-state index in [0.29, 0.717) is 48.8 Å². The lowest BCUT2D eigenvalue weighted by molar-refractivity contribution is 0.271. The maximum absolute atomic E-state index is 9.47. The molecule has 0 bridgehead atoms. The first kappa shape index (κ1) is 42.6. The van der Waals surface area contributed by atoms with Crippen LogP contribution >= 0.6 is 0 Å². The number of benzene rings is 2. The fourth-order valence-electron chi connectivity index (χ4n) is 5.97. The molecule has 314 valence electrons. The first-order chi connectivity index (χ1) is 29.2. The average molecular weight is 816 g/mol. The lowest BCUT2D eigenvalue weighted by Crippen LogP contribution is -2.24. The molecule has 0 aliphatic rings. The quantitative estimate of drug-likeness (QED) is 0.0721. The molecule has 0 fully saturated rings. The van der Waals surface area contributed by atoms with Gasteiger partial charge in [0.05, 0.1) is 38.2 Å². The summed E-state index contributed by atoms with van der Waals surface area (Å²) in [5.74, 6) is 3.19. The Morgan fingerprint density at radius 1 is 0.733 bits per heavy atom. The van der Waals surface area contributed by atoms with Gasteiger partial charge in [0.1, 0.15) is 11.8 Å². The van der Waals surface area contributed by atoms with Crippen molar-refractivity contribution in [2.24, 2.45) is 7.05 Å². The highest BCUT2D eigenvalue weighted by Gasteiger charge is 2.17. The highest BCUT2D eigenvalue weighted by atomic mass is 16.3. The molecule has 0 saturated carbocycles. The molecule has 6 aromatic heterocycles. The van der Waals surface area contributed by atoms with Gasteiger partial charge in [0.25, 0.3) is 0 Å². The van der Waals surface area contributed by atoms with Gasteiger partial charge in [-0.15, -0.1) is 0 Å². The van der Waals surface area contributed by atoms with Gasteiger partial charge >= 0.3 is 0 Å².